The van der Waals surface area contributed by atoms with Gasteiger partial charge in [-0.1, -0.05) is 0 Å². The lowest BCUT2D eigenvalue weighted by molar-refractivity contribution is 0.216. The lowest BCUT2D eigenvalue weighted by atomic mass is 10.0. The Morgan fingerprint density at radius 3 is 2.75 bits per heavy atom. The summed E-state index contributed by atoms with van der Waals surface area (Å²) < 4.78 is 0. The Balaban J connectivity index is 2.91. The minimum absolute atomic E-state index is 0.113. The number of aromatic nitrogens is 1. The fraction of sp³-hybridized carbons (Fsp3) is 0.583. The number of rotatable bonds is 5. The number of likely N-dealkylation sites (N-methyl/N-ethyl adjacent to an activating group) is 1. The zero-order valence-electron chi connectivity index (χ0n) is 10.5. The van der Waals surface area contributed by atoms with E-state index < -0.39 is 0 Å². The van der Waals surface area contributed by atoms with E-state index in [1.54, 1.807) is 6.20 Å². The Kier molecular flexibility index (Phi) is 4.12. The number of aliphatic hydroxyl groups is 1. The maximum Gasteiger partial charge on any atom is 0.127 e. The van der Waals surface area contributed by atoms with E-state index in [1.807, 2.05) is 40.0 Å². The van der Waals surface area contributed by atoms with Crippen molar-refractivity contribution in [2.45, 2.75) is 26.3 Å². The van der Waals surface area contributed by atoms with E-state index in [9.17, 15) is 5.11 Å². The summed E-state index contributed by atoms with van der Waals surface area (Å²) in [5.74, 6) is 0.862. The number of hydrogen-bond acceptors (Lipinski definition) is 4. The second-order valence-electron chi connectivity index (χ2n) is 4.46. The van der Waals surface area contributed by atoms with Gasteiger partial charge in [0, 0.05) is 31.5 Å². The van der Waals surface area contributed by atoms with Gasteiger partial charge in [0.2, 0.25) is 0 Å². The molecule has 0 aliphatic heterocycles. The van der Waals surface area contributed by atoms with Crippen LogP contribution >= 0.6 is 0 Å². The van der Waals surface area contributed by atoms with E-state index >= 15 is 0 Å². The normalized spacial score (nSPS) is 11.3. The molecule has 4 heteroatoms. The highest BCUT2D eigenvalue weighted by Gasteiger charge is 2.22. The molecule has 1 rings (SSSR count). The molecular weight excluding hydrogens is 202 g/mol. The number of nitrogens with one attached hydrogen (secondary N) is 1. The summed E-state index contributed by atoms with van der Waals surface area (Å²) >= 11 is 0. The van der Waals surface area contributed by atoms with Crippen LogP contribution in [0.25, 0.3) is 0 Å². The molecule has 0 bridgehead atoms. The predicted octanol–water partition coefficient (Wildman–Crippen LogP) is 1.72. The molecule has 4 nitrogen and oxygen atoms in total. The van der Waals surface area contributed by atoms with Crippen molar-refractivity contribution in [2.24, 2.45) is 0 Å². The van der Waals surface area contributed by atoms with Crippen LogP contribution in [0.1, 0.15) is 20.8 Å². The molecule has 1 heterocycles. The third-order valence-corrected chi connectivity index (χ3v) is 2.78. The highest BCUT2D eigenvalue weighted by Crippen LogP contribution is 2.23. The first-order valence-corrected chi connectivity index (χ1v) is 5.56. The first-order valence-electron chi connectivity index (χ1n) is 5.56. The second kappa shape index (κ2) is 5.16. The van der Waals surface area contributed by atoms with Gasteiger partial charge in [0.1, 0.15) is 5.82 Å². The first-order chi connectivity index (χ1) is 7.51. The van der Waals surface area contributed by atoms with Crippen molar-refractivity contribution in [3.05, 3.63) is 18.3 Å². The van der Waals surface area contributed by atoms with Gasteiger partial charge in [-0.15, -0.1) is 0 Å². The van der Waals surface area contributed by atoms with Gasteiger partial charge in [-0.3, -0.25) is 0 Å². The summed E-state index contributed by atoms with van der Waals surface area (Å²) in [4.78, 5) is 6.27. The average molecular weight is 223 g/mol. The van der Waals surface area contributed by atoms with Gasteiger partial charge < -0.3 is 15.3 Å². The number of anilines is 2. The minimum Gasteiger partial charge on any atom is -0.394 e. The van der Waals surface area contributed by atoms with Crippen LogP contribution in [0.15, 0.2) is 18.3 Å². The van der Waals surface area contributed by atoms with Crippen molar-refractivity contribution < 1.29 is 5.11 Å². The van der Waals surface area contributed by atoms with Crippen LogP contribution in [0.5, 0.6) is 0 Å². The van der Waals surface area contributed by atoms with Crippen molar-refractivity contribution >= 4 is 11.5 Å². The van der Waals surface area contributed by atoms with E-state index in [1.165, 1.54) is 0 Å². The fourth-order valence-electron chi connectivity index (χ4n) is 1.36. The standard InChI is InChI=1S/C12H21N3O/c1-5-13-11-8-10(6-7-14-11)15(4)12(2,3)9-16/h6-8,16H,5,9H2,1-4H3,(H,13,14). The molecule has 0 saturated heterocycles. The number of nitrogens with zero attached hydrogens (tertiary/aromatic N) is 2. The number of hydrogen-bond donors (Lipinski definition) is 2. The molecule has 0 aliphatic rings. The summed E-state index contributed by atoms with van der Waals surface area (Å²) in [5.41, 5.74) is 0.773. The molecule has 16 heavy (non-hydrogen) atoms. The molecule has 90 valence electrons. The van der Waals surface area contributed by atoms with Crippen LogP contribution in [-0.4, -0.2) is 35.8 Å². The molecule has 2 N–H and O–H groups in total. The van der Waals surface area contributed by atoms with Gasteiger partial charge in [0.05, 0.1) is 12.1 Å². The summed E-state index contributed by atoms with van der Waals surface area (Å²) in [6.07, 6.45) is 1.78. The highest BCUT2D eigenvalue weighted by atomic mass is 16.3. The van der Waals surface area contributed by atoms with Crippen LogP contribution < -0.4 is 10.2 Å². The molecule has 1 aromatic heterocycles. The molecule has 0 unspecified atom stereocenters. The van der Waals surface area contributed by atoms with Crippen LogP contribution in [0.2, 0.25) is 0 Å². The van der Waals surface area contributed by atoms with Gasteiger partial charge in [-0.05, 0) is 26.8 Å². The molecule has 0 saturated carbocycles. The van der Waals surface area contributed by atoms with Gasteiger partial charge in [-0.25, -0.2) is 4.98 Å². The third-order valence-electron chi connectivity index (χ3n) is 2.78. The first kappa shape index (κ1) is 12.8. The monoisotopic (exact) mass is 223 g/mol. The average Bonchev–Trinajstić information content (AvgIpc) is 2.29. The summed E-state index contributed by atoms with van der Waals surface area (Å²) in [7, 11) is 1.97. The van der Waals surface area contributed by atoms with Crippen LogP contribution in [0.4, 0.5) is 11.5 Å². The van der Waals surface area contributed by atoms with Crippen LogP contribution in [0, 0.1) is 0 Å². The van der Waals surface area contributed by atoms with Gasteiger partial charge >= 0.3 is 0 Å². The molecule has 0 aliphatic carbocycles. The zero-order chi connectivity index (χ0) is 12.2. The lowest BCUT2D eigenvalue weighted by Crippen LogP contribution is -2.44. The van der Waals surface area contributed by atoms with Gasteiger partial charge in [0.25, 0.3) is 0 Å². The quantitative estimate of drug-likeness (QED) is 0.798. The minimum atomic E-state index is -0.273. The number of aliphatic hydroxyl groups excluding tert-OH is 1. The van der Waals surface area contributed by atoms with Crippen LogP contribution in [0.3, 0.4) is 0 Å². The maximum absolute atomic E-state index is 9.33. The molecule has 0 aromatic carbocycles. The van der Waals surface area contributed by atoms with Crippen molar-refractivity contribution in [3.63, 3.8) is 0 Å². The van der Waals surface area contributed by atoms with E-state index in [0.717, 1.165) is 18.1 Å². The maximum atomic E-state index is 9.33. The summed E-state index contributed by atoms with van der Waals surface area (Å²) in [6.45, 7) is 7.00. The van der Waals surface area contributed by atoms with Crippen molar-refractivity contribution in [3.8, 4) is 0 Å². The largest absolute Gasteiger partial charge is 0.394 e. The molecule has 0 amide bonds. The Morgan fingerprint density at radius 1 is 1.50 bits per heavy atom. The molecule has 0 fully saturated rings. The van der Waals surface area contributed by atoms with E-state index in [2.05, 4.69) is 15.2 Å². The van der Waals surface area contributed by atoms with E-state index in [4.69, 9.17) is 0 Å². The van der Waals surface area contributed by atoms with Crippen LogP contribution in [-0.2, 0) is 0 Å². The van der Waals surface area contributed by atoms with Crippen molar-refractivity contribution in [1.29, 1.82) is 0 Å². The fourth-order valence-corrected chi connectivity index (χ4v) is 1.36. The van der Waals surface area contributed by atoms with Crippen molar-refractivity contribution in [2.75, 3.05) is 30.4 Å². The predicted molar refractivity (Wildman–Crippen MR) is 68.0 cm³/mol. The molecule has 1 aromatic rings. The molecule has 0 radical (unpaired) electrons. The molecule has 0 atom stereocenters. The van der Waals surface area contributed by atoms with Crippen molar-refractivity contribution in [1.82, 2.24) is 4.98 Å². The highest BCUT2D eigenvalue weighted by molar-refractivity contribution is 5.54. The summed E-state index contributed by atoms with van der Waals surface area (Å²) in [5, 5.41) is 12.5. The topological polar surface area (TPSA) is 48.4 Å². The SMILES string of the molecule is CCNc1cc(N(C)C(C)(C)CO)ccn1. The van der Waals surface area contributed by atoms with Gasteiger partial charge in [0.15, 0.2) is 0 Å². The zero-order valence-corrected chi connectivity index (χ0v) is 10.5. The Hall–Kier alpha value is -1.29. The Morgan fingerprint density at radius 2 is 2.19 bits per heavy atom. The van der Waals surface area contributed by atoms with E-state index in [-0.39, 0.29) is 12.1 Å². The lowest BCUT2D eigenvalue weighted by Gasteiger charge is -2.35. The Labute approximate surface area is 97.3 Å². The second-order valence-corrected chi connectivity index (χ2v) is 4.46. The molecular formula is C12H21N3O. The van der Waals surface area contributed by atoms with E-state index in [0.29, 0.717) is 0 Å². The number of pyridine rings is 1. The van der Waals surface area contributed by atoms with Gasteiger partial charge in [-0.2, -0.15) is 0 Å². The molecule has 0 spiro atoms. The third kappa shape index (κ3) is 2.85. The summed E-state index contributed by atoms with van der Waals surface area (Å²) in [6, 6.07) is 3.93. The Bertz CT molecular complexity index is 339. The smallest absolute Gasteiger partial charge is 0.127 e.